The van der Waals surface area contributed by atoms with E-state index in [4.69, 9.17) is 34.6 Å². The number of aromatic nitrogens is 4. The maximum atomic E-state index is 10.7. The van der Waals surface area contributed by atoms with E-state index in [9.17, 15) is 19.2 Å². The topological polar surface area (TPSA) is 228 Å². The lowest BCUT2D eigenvalue weighted by Gasteiger charge is -2.53. The smallest absolute Gasteiger partial charge is 0.310 e. The van der Waals surface area contributed by atoms with Gasteiger partial charge in [-0.1, -0.05) is 24.3 Å². The number of aliphatic carboxylic acids is 4. The zero-order valence-corrected chi connectivity index (χ0v) is 31.7. The molecule has 8 atom stereocenters. The fourth-order valence-corrected chi connectivity index (χ4v) is 9.05. The maximum absolute atomic E-state index is 10.7. The van der Waals surface area contributed by atoms with E-state index in [1.165, 1.54) is 35.1 Å². The number of pyridine rings is 4. The highest BCUT2D eigenvalue weighted by atomic mass is 16.5. The minimum atomic E-state index is -1.11. The molecule has 0 spiro atoms. The van der Waals surface area contributed by atoms with Crippen molar-refractivity contribution in [3.8, 4) is 0 Å². The van der Waals surface area contributed by atoms with Crippen molar-refractivity contribution in [1.29, 1.82) is 0 Å². The molecule has 9 heterocycles. The van der Waals surface area contributed by atoms with Gasteiger partial charge in [0.2, 0.25) is 0 Å². The van der Waals surface area contributed by atoms with E-state index in [1.54, 1.807) is 24.3 Å². The fraction of sp³-hybridized carbons (Fsp3) is 0.364. The quantitative estimate of drug-likeness (QED) is 0.173. The molecule has 4 aromatic heterocycles. The summed E-state index contributed by atoms with van der Waals surface area (Å²) in [6.45, 7) is 2.00. The minimum absolute atomic E-state index is 0.367. The van der Waals surface area contributed by atoms with Crippen LogP contribution in [0.4, 0.5) is 0 Å². The Bertz CT molecular complexity index is 1820. The highest BCUT2D eigenvalue weighted by molar-refractivity contribution is 5.83. The molecule has 0 radical (unpaired) electrons. The second-order valence-electron chi connectivity index (χ2n) is 14.9. The molecule has 4 fully saturated rings. The molecule has 6 aliphatic rings. The van der Waals surface area contributed by atoms with Crippen molar-refractivity contribution in [2.75, 3.05) is 13.2 Å². The molecule has 4 N–H and O–H groups in total. The van der Waals surface area contributed by atoms with Crippen molar-refractivity contribution in [3.05, 3.63) is 145 Å². The van der Waals surface area contributed by atoms with Crippen molar-refractivity contribution in [1.82, 2.24) is 19.9 Å². The van der Waals surface area contributed by atoms with Gasteiger partial charge in [0.05, 0.1) is 24.4 Å². The minimum Gasteiger partial charge on any atom is -0.481 e. The molecule has 3 saturated heterocycles. The number of hydrogen-bond donors (Lipinski definition) is 4. The summed E-state index contributed by atoms with van der Waals surface area (Å²) in [5.41, 5.74) is 5.29. The summed E-state index contributed by atoms with van der Waals surface area (Å²) in [7, 11) is 0. The maximum Gasteiger partial charge on any atom is 0.310 e. The standard InChI is InChI=1S/C24H20N4.2C8H8O5.C4H8O/c1-9-25-10-2-17(1)21-22(18-3-11-26-12-4-18)24(20-7-15-28-16-8-20)23(21)19-5-13-27-14-6-19;2*9-7(10)5-3-1-2-4(13-3)6(5)8(11)12;1-2-4-5-3-1/h1-16,21-24H;2*1-6H,(H,9,10)(H,11,12);1-4H2/t;2*3-,4+,5-,6+;. The Kier molecular flexibility index (Phi) is 12.9. The van der Waals surface area contributed by atoms with Crippen LogP contribution in [0.3, 0.4) is 0 Å². The molecule has 15 nitrogen and oxygen atoms in total. The van der Waals surface area contributed by atoms with Crippen molar-refractivity contribution in [2.45, 2.75) is 60.9 Å². The average molecular weight is 805 g/mol. The molecule has 5 aliphatic heterocycles. The molecular formula is C44H44N4O11. The van der Waals surface area contributed by atoms with Crippen molar-refractivity contribution in [2.24, 2.45) is 23.7 Å². The van der Waals surface area contributed by atoms with E-state index in [0.29, 0.717) is 23.7 Å². The lowest BCUT2D eigenvalue weighted by Crippen LogP contribution is -2.40. The van der Waals surface area contributed by atoms with E-state index in [-0.39, 0.29) is 0 Å². The summed E-state index contributed by atoms with van der Waals surface area (Å²) in [6, 6.07) is 17.2. The van der Waals surface area contributed by atoms with Gasteiger partial charge in [-0.05, 0) is 107 Å². The van der Waals surface area contributed by atoms with Gasteiger partial charge in [-0.25, -0.2) is 0 Å². The first-order chi connectivity index (χ1) is 28.7. The van der Waals surface area contributed by atoms with E-state index < -0.39 is 72.0 Å². The Morgan fingerprint density at radius 2 is 0.627 bits per heavy atom. The Hall–Kier alpha value is -6.16. The summed E-state index contributed by atoms with van der Waals surface area (Å²) < 4.78 is 15.2. The van der Waals surface area contributed by atoms with Crippen LogP contribution in [0, 0.1) is 23.7 Å². The summed E-state index contributed by atoms with van der Waals surface area (Å²) in [4.78, 5) is 59.8. The van der Waals surface area contributed by atoms with Gasteiger partial charge in [0.15, 0.2) is 0 Å². The summed E-state index contributed by atoms with van der Waals surface area (Å²) in [6.07, 6.45) is 21.9. The Morgan fingerprint density at radius 3 is 0.797 bits per heavy atom. The summed E-state index contributed by atoms with van der Waals surface area (Å²) >= 11 is 0. The molecule has 1 saturated carbocycles. The SMILES string of the molecule is C1CCOC1.O=C(O)[C@@H]1[C@H](C(=O)O)[C@H]2C=C[C@@H]1O2.O=C(O)[C@@H]1[C@H](C(=O)O)[C@H]2C=C[C@@H]1O2.c1cc(C2C(c3ccncc3)C(c3ccncc3)C2c2ccncc2)ccn1. The zero-order valence-electron chi connectivity index (χ0n) is 31.7. The number of hydrogen-bond acceptors (Lipinski definition) is 11. The van der Waals surface area contributed by atoms with E-state index in [2.05, 4.69) is 68.5 Å². The van der Waals surface area contributed by atoms with Crippen LogP contribution in [0.15, 0.2) is 122 Å². The number of carboxylic acids is 4. The largest absolute Gasteiger partial charge is 0.481 e. The monoisotopic (exact) mass is 804 g/mol. The van der Waals surface area contributed by atoms with Gasteiger partial charge in [0, 0.05) is 62.8 Å². The summed E-state index contributed by atoms with van der Waals surface area (Å²) in [5.74, 6) is -6.71. The molecule has 10 rings (SSSR count). The average Bonchev–Trinajstić information content (AvgIpc) is 4.11. The van der Waals surface area contributed by atoms with Crippen LogP contribution in [0.2, 0.25) is 0 Å². The van der Waals surface area contributed by atoms with Crippen molar-refractivity contribution < 1.29 is 53.8 Å². The molecular weight excluding hydrogens is 761 g/mol. The zero-order chi connectivity index (χ0) is 41.5. The van der Waals surface area contributed by atoms with Gasteiger partial charge in [0.25, 0.3) is 0 Å². The van der Waals surface area contributed by atoms with Crippen LogP contribution in [0.1, 0.15) is 58.8 Å². The molecule has 0 amide bonds. The Balaban J connectivity index is 0.000000141. The molecule has 1 aliphatic carbocycles. The molecule has 306 valence electrons. The number of ether oxygens (including phenoxy) is 3. The van der Waals surface area contributed by atoms with Gasteiger partial charge in [-0.3, -0.25) is 39.1 Å². The summed E-state index contributed by atoms with van der Waals surface area (Å²) in [5, 5.41) is 35.1. The van der Waals surface area contributed by atoms with E-state index in [1.807, 2.05) is 49.6 Å². The normalized spacial score (nSPS) is 31.3. The van der Waals surface area contributed by atoms with Crippen LogP contribution >= 0.6 is 0 Å². The van der Waals surface area contributed by atoms with Crippen LogP contribution in [0.5, 0.6) is 0 Å². The Labute approximate surface area is 339 Å². The first kappa shape index (κ1) is 41.0. The lowest BCUT2D eigenvalue weighted by molar-refractivity contribution is -0.152. The van der Waals surface area contributed by atoms with Crippen LogP contribution in [-0.2, 0) is 33.4 Å². The number of rotatable bonds is 8. The van der Waals surface area contributed by atoms with Crippen LogP contribution in [0.25, 0.3) is 0 Å². The van der Waals surface area contributed by atoms with Crippen molar-refractivity contribution in [3.63, 3.8) is 0 Å². The molecule has 4 aromatic rings. The van der Waals surface area contributed by atoms with Gasteiger partial charge in [0.1, 0.15) is 23.7 Å². The first-order valence-corrected chi connectivity index (χ1v) is 19.4. The van der Waals surface area contributed by atoms with Gasteiger partial charge in [-0.2, -0.15) is 0 Å². The van der Waals surface area contributed by atoms with Crippen LogP contribution in [-0.4, -0.2) is 102 Å². The predicted octanol–water partition coefficient (Wildman–Crippen LogP) is 4.96. The number of carbonyl (C=O) groups is 4. The number of fused-ring (bicyclic) bond motifs is 4. The third-order valence-corrected chi connectivity index (χ3v) is 11.7. The molecule has 59 heavy (non-hydrogen) atoms. The molecule has 0 unspecified atom stereocenters. The third-order valence-electron chi connectivity index (χ3n) is 11.7. The Morgan fingerprint density at radius 1 is 0.407 bits per heavy atom. The predicted molar refractivity (Wildman–Crippen MR) is 208 cm³/mol. The van der Waals surface area contributed by atoms with E-state index >= 15 is 0 Å². The third kappa shape index (κ3) is 8.82. The van der Waals surface area contributed by atoms with Crippen LogP contribution < -0.4 is 0 Å². The number of nitrogens with zero attached hydrogens (tertiary/aromatic N) is 4. The van der Waals surface area contributed by atoms with Gasteiger partial charge < -0.3 is 34.6 Å². The molecule has 4 bridgehead atoms. The highest BCUT2D eigenvalue weighted by Crippen LogP contribution is 2.66. The highest BCUT2D eigenvalue weighted by Gasteiger charge is 2.55. The molecule has 0 aromatic carbocycles. The second-order valence-corrected chi connectivity index (χ2v) is 14.9. The van der Waals surface area contributed by atoms with Gasteiger partial charge in [-0.15, -0.1) is 0 Å². The fourth-order valence-electron chi connectivity index (χ4n) is 9.05. The van der Waals surface area contributed by atoms with Gasteiger partial charge >= 0.3 is 23.9 Å². The van der Waals surface area contributed by atoms with E-state index in [0.717, 1.165) is 13.2 Å². The second kappa shape index (κ2) is 18.6. The van der Waals surface area contributed by atoms with Crippen molar-refractivity contribution >= 4 is 23.9 Å². The first-order valence-electron chi connectivity index (χ1n) is 19.4. The molecule has 15 heteroatoms. The lowest BCUT2D eigenvalue weighted by atomic mass is 9.49. The number of carboxylic acid groups (broad SMARTS) is 4.